The predicted octanol–water partition coefficient (Wildman–Crippen LogP) is 0.155. The third-order valence-corrected chi connectivity index (χ3v) is 6.23. The quantitative estimate of drug-likeness (QED) is 0.705. The standard InChI is InChI=1S/C16H20N6OS/c1-2-11-12(3-1)24-15-13(11)14-18-10-19-22(14)16(20-15)17-4-5-21-6-8-23-9-7-21/h10H,1-9H2,(H,17,20)/p+1. The summed E-state index contributed by atoms with van der Waals surface area (Å²) in [6.07, 6.45) is 5.21. The molecule has 1 aliphatic carbocycles. The van der Waals surface area contributed by atoms with Gasteiger partial charge in [0.2, 0.25) is 5.95 Å². The number of rotatable bonds is 4. The molecule has 5 rings (SSSR count). The Morgan fingerprint density at radius 1 is 1.29 bits per heavy atom. The minimum Gasteiger partial charge on any atom is -0.370 e. The number of aromatic nitrogens is 4. The zero-order valence-corrected chi connectivity index (χ0v) is 14.4. The Hall–Kier alpha value is -1.77. The first kappa shape index (κ1) is 14.6. The van der Waals surface area contributed by atoms with Crippen LogP contribution in [-0.2, 0) is 17.6 Å². The lowest BCUT2D eigenvalue weighted by molar-refractivity contribution is -0.906. The van der Waals surface area contributed by atoms with Crippen LogP contribution in [0.4, 0.5) is 5.95 Å². The molecule has 0 unspecified atom stereocenters. The smallest absolute Gasteiger partial charge is 0.227 e. The molecular weight excluding hydrogens is 324 g/mol. The van der Waals surface area contributed by atoms with Crippen molar-refractivity contribution >= 4 is 33.1 Å². The molecule has 0 bridgehead atoms. The van der Waals surface area contributed by atoms with E-state index in [1.807, 2.05) is 15.9 Å². The topological polar surface area (TPSA) is 68.8 Å². The zero-order valence-electron chi connectivity index (χ0n) is 13.5. The van der Waals surface area contributed by atoms with Crippen molar-refractivity contribution in [2.45, 2.75) is 19.3 Å². The Labute approximate surface area is 143 Å². The van der Waals surface area contributed by atoms with Crippen LogP contribution in [0.1, 0.15) is 16.9 Å². The molecule has 1 aliphatic heterocycles. The molecule has 24 heavy (non-hydrogen) atoms. The molecule has 3 aromatic heterocycles. The van der Waals surface area contributed by atoms with E-state index in [0.717, 1.165) is 62.2 Å². The van der Waals surface area contributed by atoms with Gasteiger partial charge < -0.3 is 15.0 Å². The average Bonchev–Trinajstić information content (AvgIpc) is 3.30. The maximum atomic E-state index is 5.41. The van der Waals surface area contributed by atoms with Gasteiger partial charge in [0, 0.05) is 4.88 Å². The number of nitrogens with one attached hydrogen (secondary N) is 2. The molecule has 2 aliphatic rings. The molecule has 2 N–H and O–H groups in total. The molecule has 1 saturated heterocycles. The molecule has 0 atom stereocenters. The number of hydrogen-bond acceptors (Lipinski definition) is 6. The molecular formula is C16H21N6OS+. The second-order valence-corrected chi connectivity index (χ2v) is 7.59. The Bertz CT molecular complexity index is 882. The molecule has 126 valence electrons. The highest BCUT2D eigenvalue weighted by molar-refractivity contribution is 7.19. The Morgan fingerprint density at radius 2 is 2.21 bits per heavy atom. The molecule has 3 aromatic rings. The second kappa shape index (κ2) is 5.94. The number of fused-ring (bicyclic) bond motifs is 5. The summed E-state index contributed by atoms with van der Waals surface area (Å²) in [5.41, 5.74) is 2.39. The fourth-order valence-electron chi connectivity index (χ4n) is 3.79. The van der Waals surface area contributed by atoms with E-state index in [4.69, 9.17) is 9.72 Å². The first-order valence-corrected chi connectivity index (χ1v) is 9.51. The van der Waals surface area contributed by atoms with Crippen LogP contribution in [0.25, 0.3) is 15.9 Å². The first-order chi connectivity index (χ1) is 11.9. The van der Waals surface area contributed by atoms with Crippen LogP contribution in [0.2, 0.25) is 0 Å². The van der Waals surface area contributed by atoms with Crippen molar-refractivity contribution in [1.82, 2.24) is 19.6 Å². The summed E-state index contributed by atoms with van der Waals surface area (Å²) in [4.78, 5) is 13.5. The fraction of sp³-hybridized carbons (Fsp3) is 0.562. The molecule has 4 heterocycles. The van der Waals surface area contributed by atoms with Gasteiger partial charge in [0.25, 0.3) is 0 Å². The summed E-state index contributed by atoms with van der Waals surface area (Å²) in [5, 5.41) is 9.09. The molecule has 0 spiro atoms. The Morgan fingerprint density at radius 3 is 3.12 bits per heavy atom. The number of quaternary nitrogens is 1. The highest BCUT2D eigenvalue weighted by Gasteiger charge is 2.23. The van der Waals surface area contributed by atoms with Gasteiger partial charge in [-0.15, -0.1) is 11.3 Å². The van der Waals surface area contributed by atoms with Gasteiger partial charge in [-0.2, -0.15) is 9.61 Å². The van der Waals surface area contributed by atoms with Crippen LogP contribution in [0.15, 0.2) is 6.33 Å². The van der Waals surface area contributed by atoms with E-state index in [9.17, 15) is 0 Å². The van der Waals surface area contributed by atoms with Crippen molar-refractivity contribution in [1.29, 1.82) is 0 Å². The molecule has 8 heteroatoms. The third-order valence-electron chi connectivity index (χ3n) is 5.04. The van der Waals surface area contributed by atoms with Crippen LogP contribution in [0, 0.1) is 0 Å². The Balaban J connectivity index is 1.43. The first-order valence-electron chi connectivity index (χ1n) is 8.69. The minimum absolute atomic E-state index is 0.808. The predicted molar refractivity (Wildman–Crippen MR) is 93.1 cm³/mol. The van der Waals surface area contributed by atoms with Crippen molar-refractivity contribution in [2.24, 2.45) is 0 Å². The van der Waals surface area contributed by atoms with Crippen LogP contribution in [0.5, 0.6) is 0 Å². The third kappa shape index (κ3) is 2.37. The van der Waals surface area contributed by atoms with E-state index in [2.05, 4.69) is 15.4 Å². The Kier molecular flexibility index (Phi) is 3.61. The van der Waals surface area contributed by atoms with Gasteiger partial charge in [-0.3, -0.25) is 0 Å². The number of nitrogens with zero attached hydrogens (tertiary/aromatic N) is 4. The molecule has 1 fully saturated rings. The van der Waals surface area contributed by atoms with Crippen LogP contribution < -0.4 is 10.2 Å². The van der Waals surface area contributed by atoms with Crippen LogP contribution >= 0.6 is 11.3 Å². The number of ether oxygens (including phenoxy) is 1. The van der Waals surface area contributed by atoms with E-state index in [1.165, 1.54) is 28.7 Å². The van der Waals surface area contributed by atoms with Gasteiger partial charge in [-0.1, -0.05) is 0 Å². The summed E-state index contributed by atoms with van der Waals surface area (Å²) in [6.45, 7) is 5.87. The molecule has 0 radical (unpaired) electrons. The van der Waals surface area contributed by atoms with Crippen LogP contribution in [-0.4, -0.2) is 59.0 Å². The monoisotopic (exact) mass is 345 g/mol. The summed E-state index contributed by atoms with van der Waals surface area (Å²) in [6, 6.07) is 0. The zero-order chi connectivity index (χ0) is 15.9. The van der Waals surface area contributed by atoms with E-state index in [-0.39, 0.29) is 0 Å². The molecule has 0 saturated carbocycles. The van der Waals surface area contributed by atoms with Gasteiger partial charge in [-0.25, -0.2) is 9.97 Å². The van der Waals surface area contributed by atoms with E-state index < -0.39 is 0 Å². The maximum absolute atomic E-state index is 5.41. The maximum Gasteiger partial charge on any atom is 0.227 e. The minimum atomic E-state index is 0.808. The van der Waals surface area contributed by atoms with Crippen molar-refractivity contribution in [2.75, 3.05) is 44.7 Å². The number of hydrogen-bond donors (Lipinski definition) is 2. The van der Waals surface area contributed by atoms with Crippen molar-refractivity contribution in [3.05, 3.63) is 16.8 Å². The largest absolute Gasteiger partial charge is 0.370 e. The lowest BCUT2D eigenvalue weighted by atomic mass is 10.2. The summed E-state index contributed by atoms with van der Waals surface area (Å²) < 4.78 is 7.28. The van der Waals surface area contributed by atoms with Gasteiger partial charge in [0.1, 0.15) is 24.2 Å². The number of morpholine rings is 1. The lowest BCUT2D eigenvalue weighted by Gasteiger charge is -2.23. The van der Waals surface area contributed by atoms with Crippen molar-refractivity contribution in [3.63, 3.8) is 0 Å². The van der Waals surface area contributed by atoms with Crippen molar-refractivity contribution < 1.29 is 9.64 Å². The van der Waals surface area contributed by atoms with E-state index in [0.29, 0.717) is 0 Å². The summed E-state index contributed by atoms with van der Waals surface area (Å²) in [5.74, 6) is 0.808. The summed E-state index contributed by atoms with van der Waals surface area (Å²) >= 11 is 1.83. The normalized spacial score (nSPS) is 18.5. The molecule has 7 nitrogen and oxygen atoms in total. The van der Waals surface area contributed by atoms with Crippen LogP contribution in [0.3, 0.4) is 0 Å². The van der Waals surface area contributed by atoms with E-state index >= 15 is 0 Å². The number of aryl methyl sites for hydroxylation is 2. The lowest BCUT2D eigenvalue weighted by Crippen LogP contribution is -3.14. The SMILES string of the molecule is c1nc2c3c4c(sc3nc(NCC[NH+]3CCOCC3)n2n1)CCC4. The highest BCUT2D eigenvalue weighted by atomic mass is 32.1. The fourth-order valence-corrected chi connectivity index (χ4v) is 5.04. The summed E-state index contributed by atoms with van der Waals surface area (Å²) in [7, 11) is 0. The average molecular weight is 345 g/mol. The second-order valence-electron chi connectivity index (χ2n) is 6.51. The van der Waals surface area contributed by atoms with Gasteiger partial charge >= 0.3 is 0 Å². The number of anilines is 1. The molecule has 0 aromatic carbocycles. The van der Waals surface area contributed by atoms with Crippen molar-refractivity contribution in [3.8, 4) is 0 Å². The van der Waals surface area contributed by atoms with Gasteiger partial charge in [-0.05, 0) is 24.8 Å². The highest BCUT2D eigenvalue weighted by Crippen LogP contribution is 2.38. The van der Waals surface area contributed by atoms with Gasteiger partial charge in [0.05, 0.1) is 31.7 Å². The molecule has 0 amide bonds. The van der Waals surface area contributed by atoms with E-state index in [1.54, 1.807) is 11.2 Å². The van der Waals surface area contributed by atoms with Gasteiger partial charge in [0.15, 0.2) is 5.65 Å². The number of thiophene rings is 1.